The van der Waals surface area contributed by atoms with Crippen LogP contribution in [0.5, 0.6) is 0 Å². The first kappa shape index (κ1) is 18.5. The number of pyridine rings is 1. The van der Waals surface area contributed by atoms with Gasteiger partial charge in [-0.15, -0.1) is 5.10 Å². The first-order chi connectivity index (χ1) is 14.2. The van der Waals surface area contributed by atoms with Crippen LogP contribution in [0.3, 0.4) is 0 Å². The van der Waals surface area contributed by atoms with Crippen LogP contribution in [0.15, 0.2) is 65.6 Å². The third-order valence-corrected chi connectivity index (χ3v) is 4.44. The lowest BCUT2D eigenvalue weighted by molar-refractivity contribution is -0.122. The molecule has 1 aromatic carbocycles. The summed E-state index contributed by atoms with van der Waals surface area (Å²) in [5.74, 6) is 0.461. The molecule has 0 bridgehead atoms. The molecule has 0 spiro atoms. The molecule has 9 nitrogen and oxygen atoms in total. The summed E-state index contributed by atoms with van der Waals surface area (Å²) in [6.45, 7) is 2.79. The number of nitrogens with one attached hydrogen (secondary N) is 1. The van der Waals surface area contributed by atoms with Crippen molar-refractivity contribution in [2.75, 3.05) is 6.54 Å². The molecule has 3 aromatic heterocycles. The van der Waals surface area contributed by atoms with Crippen molar-refractivity contribution < 1.29 is 9.32 Å². The maximum Gasteiger partial charge on any atom is 0.280 e. The SMILES string of the molecule is C[C@@H](C(=O)NCCn1cc(-c2nc(-c3cccnc3)no2)nn1)c1ccccc1. The van der Waals surface area contributed by atoms with Crippen molar-refractivity contribution in [2.45, 2.75) is 19.4 Å². The second kappa shape index (κ2) is 8.42. The lowest BCUT2D eigenvalue weighted by Crippen LogP contribution is -2.31. The van der Waals surface area contributed by atoms with Gasteiger partial charge in [-0.25, -0.2) is 4.68 Å². The first-order valence-corrected chi connectivity index (χ1v) is 9.18. The fourth-order valence-electron chi connectivity index (χ4n) is 2.79. The summed E-state index contributed by atoms with van der Waals surface area (Å²) in [6, 6.07) is 13.3. The summed E-state index contributed by atoms with van der Waals surface area (Å²) in [5.41, 5.74) is 2.20. The summed E-state index contributed by atoms with van der Waals surface area (Å²) in [6.07, 6.45) is 5.04. The zero-order chi connectivity index (χ0) is 20.1. The molecule has 0 saturated carbocycles. The first-order valence-electron chi connectivity index (χ1n) is 9.18. The largest absolute Gasteiger partial charge is 0.354 e. The zero-order valence-corrected chi connectivity index (χ0v) is 15.8. The number of carbonyl (C=O) groups is 1. The molecule has 29 heavy (non-hydrogen) atoms. The molecule has 1 atom stereocenters. The van der Waals surface area contributed by atoms with E-state index in [2.05, 4.69) is 30.8 Å². The van der Waals surface area contributed by atoms with Crippen LogP contribution in [0, 0.1) is 0 Å². The van der Waals surface area contributed by atoms with E-state index in [0.29, 0.717) is 24.6 Å². The fourth-order valence-corrected chi connectivity index (χ4v) is 2.79. The average Bonchev–Trinajstić information content (AvgIpc) is 3.44. The van der Waals surface area contributed by atoms with Gasteiger partial charge >= 0.3 is 0 Å². The van der Waals surface area contributed by atoms with Gasteiger partial charge in [-0.05, 0) is 24.6 Å². The topological polar surface area (TPSA) is 112 Å². The Morgan fingerprint density at radius 3 is 2.86 bits per heavy atom. The third kappa shape index (κ3) is 4.34. The minimum atomic E-state index is -0.216. The summed E-state index contributed by atoms with van der Waals surface area (Å²) in [4.78, 5) is 20.7. The summed E-state index contributed by atoms with van der Waals surface area (Å²) >= 11 is 0. The highest BCUT2D eigenvalue weighted by Gasteiger charge is 2.16. The monoisotopic (exact) mass is 389 g/mol. The minimum absolute atomic E-state index is 0.0328. The molecule has 1 N–H and O–H groups in total. The van der Waals surface area contributed by atoms with Gasteiger partial charge < -0.3 is 9.84 Å². The number of benzene rings is 1. The highest BCUT2D eigenvalue weighted by atomic mass is 16.5. The Morgan fingerprint density at radius 2 is 2.07 bits per heavy atom. The molecule has 0 aliphatic carbocycles. The van der Waals surface area contributed by atoms with Gasteiger partial charge in [0.05, 0.1) is 18.7 Å². The Morgan fingerprint density at radius 1 is 1.21 bits per heavy atom. The molecule has 0 aliphatic rings. The molecule has 0 saturated heterocycles. The van der Waals surface area contributed by atoms with Crippen LogP contribution in [0.4, 0.5) is 0 Å². The molecule has 4 aromatic rings. The van der Waals surface area contributed by atoms with Crippen molar-refractivity contribution in [1.82, 2.24) is 35.4 Å². The average molecular weight is 389 g/mol. The maximum atomic E-state index is 12.3. The number of hydrogen-bond donors (Lipinski definition) is 1. The van der Waals surface area contributed by atoms with Crippen LogP contribution in [-0.2, 0) is 11.3 Å². The van der Waals surface area contributed by atoms with Gasteiger partial charge in [-0.3, -0.25) is 9.78 Å². The van der Waals surface area contributed by atoms with Crippen LogP contribution >= 0.6 is 0 Å². The molecular weight excluding hydrogens is 370 g/mol. The van der Waals surface area contributed by atoms with Gasteiger partial charge in [0, 0.05) is 24.5 Å². The molecule has 0 aliphatic heterocycles. The zero-order valence-electron chi connectivity index (χ0n) is 15.8. The van der Waals surface area contributed by atoms with E-state index in [9.17, 15) is 4.79 Å². The Labute approximate surface area is 166 Å². The van der Waals surface area contributed by atoms with E-state index in [4.69, 9.17) is 4.52 Å². The second-order valence-corrected chi connectivity index (χ2v) is 6.46. The van der Waals surface area contributed by atoms with Crippen LogP contribution in [0.25, 0.3) is 23.0 Å². The molecule has 1 amide bonds. The molecule has 0 radical (unpaired) electrons. The number of nitrogens with zero attached hydrogens (tertiary/aromatic N) is 6. The summed E-state index contributed by atoms with van der Waals surface area (Å²) in [5, 5.41) is 15.0. The lowest BCUT2D eigenvalue weighted by atomic mass is 10.0. The van der Waals surface area contributed by atoms with E-state index < -0.39 is 0 Å². The van der Waals surface area contributed by atoms with Crippen molar-refractivity contribution in [1.29, 1.82) is 0 Å². The fraction of sp³-hybridized carbons (Fsp3) is 0.200. The molecular formula is C20H19N7O2. The van der Waals surface area contributed by atoms with E-state index >= 15 is 0 Å². The van der Waals surface area contributed by atoms with Gasteiger partial charge in [0.25, 0.3) is 5.89 Å². The van der Waals surface area contributed by atoms with Crippen molar-refractivity contribution in [2.24, 2.45) is 0 Å². The quantitative estimate of drug-likeness (QED) is 0.516. The van der Waals surface area contributed by atoms with Crippen molar-refractivity contribution >= 4 is 5.91 Å². The van der Waals surface area contributed by atoms with Gasteiger partial charge in [0.15, 0.2) is 5.69 Å². The highest BCUT2D eigenvalue weighted by Crippen LogP contribution is 2.19. The minimum Gasteiger partial charge on any atom is -0.354 e. The summed E-state index contributed by atoms with van der Waals surface area (Å²) < 4.78 is 6.89. The third-order valence-electron chi connectivity index (χ3n) is 4.44. The molecule has 4 rings (SSSR count). The number of aromatic nitrogens is 6. The number of amides is 1. The van der Waals surface area contributed by atoms with Gasteiger partial charge in [0.2, 0.25) is 11.7 Å². The van der Waals surface area contributed by atoms with Crippen LogP contribution in [0.1, 0.15) is 18.4 Å². The number of hydrogen-bond acceptors (Lipinski definition) is 7. The van der Waals surface area contributed by atoms with Crippen molar-refractivity contribution in [3.63, 3.8) is 0 Å². The van der Waals surface area contributed by atoms with Crippen LogP contribution in [-0.4, -0.2) is 42.6 Å². The Bertz CT molecular complexity index is 1080. The van der Waals surface area contributed by atoms with Gasteiger partial charge in [-0.1, -0.05) is 40.7 Å². The Balaban J connectivity index is 1.33. The van der Waals surface area contributed by atoms with Crippen LogP contribution in [0.2, 0.25) is 0 Å². The van der Waals surface area contributed by atoms with Gasteiger partial charge in [-0.2, -0.15) is 4.98 Å². The maximum absolute atomic E-state index is 12.3. The Kier molecular flexibility index (Phi) is 5.37. The predicted molar refractivity (Wildman–Crippen MR) is 104 cm³/mol. The lowest BCUT2D eigenvalue weighted by Gasteiger charge is -2.12. The molecule has 3 heterocycles. The van der Waals surface area contributed by atoms with Crippen molar-refractivity contribution in [3.8, 4) is 23.0 Å². The second-order valence-electron chi connectivity index (χ2n) is 6.46. The molecule has 9 heteroatoms. The predicted octanol–water partition coefficient (Wildman–Crippen LogP) is 2.31. The number of rotatable bonds is 7. The van der Waals surface area contributed by atoms with E-state index in [0.717, 1.165) is 11.1 Å². The molecule has 0 unspecified atom stereocenters. The normalized spacial score (nSPS) is 11.9. The molecule has 0 fully saturated rings. The van der Waals surface area contributed by atoms with Gasteiger partial charge in [0.1, 0.15) is 0 Å². The van der Waals surface area contributed by atoms with E-state index in [1.807, 2.05) is 43.3 Å². The van der Waals surface area contributed by atoms with E-state index in [1.165, 1.54) is 0 Å². The smallest absolute Gasteiger partial charge is 0.280 e. The van der Waals surface area contributed by atoms with E-state index in [1.54, 1.807) is 29.3 Å². The molecule has 146 valence electrons. The summed E-state index contributed by atoms with van der Waals surface area (Å²) in [7, 11) is 0. The van der Waals surface area contributed by atoms with E-state index in [-0.39, 0.29) is 17.7 Å². The highest BCUT2D eigenvalue weighted by molar-refractivity contribution is 5.83. The standard InChI is InChI=1S/C20H19N7O2/c1-14(15-6-3-2-4-7-15)19(28)22-10-11-27-13-17(24-26-27)20-23-18(25-29-20)16-8-5-9-21-12-16/h2-9,12-14H,10-11H2,1H3,(H,22,28)/t14-/m1/s1. The van der Waals surface area contributed by atoms with Crippen molar-refractivity contribution in [3.05, 3.63) is 66.6 Å². The van der Waals surface area contributed by atoms with Crippen LogP contribution < -0.4 is 5.32 Å². The number of carbonyl (C=O) groups excluding carboxylic acids is 1. The Hall–Kier alpha value is -3.88.